The Labute approximate surface area is 101 Å². The van der Waals surface area contributed by atoms with Crippen LogP contribution in [0.25, 0.3) is 0 Å². The van der Waals surface area contributed by atoms with Gasteiger partial charge in [0.1, 0.15) is 9.63 Å². The molecule has 7 heteroatoms. The van der Waals surface area contributed by atoms with Crippen LogP contribution in [0.3, 0.4) is 0 Å². The summed E-state index contributed by atoms with van der Waals surface area (Å²) in [6, 6.07) is 0. The van der Waals surface area contributed by atoms with E-state index in [4.69, 9.17) is 22.1 Å². The van der Waals surface area contributed by atoms with Crippen LogP contribution in [0.2, 0.25) is 5.02 Å². The van der Waals surface area contributed by atoms with Crippen molar-refractivity contribution in [2.45, 2.75) is 13.5 Å². The van der Waals surface area contributed by atoms with Gasteiger partial charge in [-0.3, -0.25) is 4.68 Å². The van der Waals surface area contributed by atoms with Crippen molar-refractivity contribution in [2.24, 2.45) is 5.73 Å². The van der Waals surface area contributed by atoms with E-state index in [1.807, 2.05) is 0 Å². The third-order valence-corrected chi connectivity index (χ3v) is 2.81. The zero-order chi connectivity index (χ0) is 11.4. The number of hydrogen-bond acceptors (Lipinski definition) is 4. The second kappa shape index (κ2) is 5.48. The Hall–Kier alpha value is -0.590. The van der Waals surface area contributed by atoms with E-state index in [0.717, 1.165) is 0 Å². The fraction of sp³-hybridized carbons (Fsp3) is 0.500. The van der Waals surface area contributed by atoms with Gasteiger partial charge in [-0.1, -0.05) is 11.6 Å². The molecule has 0 fully saturated rings. The SMILES string of the molecule is CCOC(=O)c1c(Cl)c(Br)nn1CCN. The fourth-order valence-electron chi connectivity index (χ4n) is 1.09. The van der Waals surface area contributed by atoms with Gasteiger partial charge in [0, 0.05) is 6.54 Å². The van der Waals surface area contributed by atoms with Crippen molar-refractivity contribution in [3.05, 3.63) is 15.3 Å². The van der Waals surface area contributed by atoms with Crippen molar-refractivity contribution in [1.82, 2.24) is 9.78 Å². The van der Waals surface area contributed by atoms with E-state index in [2.05, 4.69) is 21.0 Å². The summed E-state index contributed by atoms with van der Waals surface area (Å²) >= 11 is 9.05. The van der Waals surface area contributed by atoms with Crippen LogP contribution in [0.4, 0.5) is 0 Å². The van der Waals surface area contributed by atoms with E-state index in [-0.39, 0.29) is 10.7 Å². The Bertz CT molecular complexity index is 367. The van der Waals surface area contributed by atoms with Gasteiger partial charge < -0.3 is 10.5 Å². The molecule has 0 unspecified atom stereocenters. The molecule has 1 rings (SSSR count). The van der Waals surface area contributed by atoms with Crippen LogP contribution in [0, 0.1) is 0 Å². The third kappa shape index (κ3) is 2.70. The molecule has 2 N–H and O–H groups in total. The lowest BCUT2D eigenvalue weighted by Gasteiger charge is -2.05. The summed E-state index contributed by atoms with van der Waals surface area (Å²) in [6.07, 6.45) is 0. The minimum Gasteiger partial charge on any atom is -0.461 e. The van der Waals surface area contributed by atoms with Crippen molar-refractivity contribution in [2.75, 3.05) is 13.2 Å². The molecule has 0 aromatic carbocycles. The highest BCUT2D eigenvalue weighted by atomic mass is 79.9. The Balaban J connectivity index is 3.07. The maximum absolute atomic E-state index is 11.5. The average molecular weight is 297 g/mol. The van der Waals surface area contributed by atoms with Gasteiger partial charge in [0.15, 0.2) is 5.69 Å². The molecular weight excluding hydrogens is 285 g/mol. The Morgan fingerprint density at radius 3 is 2.93 bits per heavy atom. The molecule has 1 aromatic rings. The summed E-state index contributed by atoms with van der Waals surface area (Å²) in [4.78, 5) is 11.5. The monoisotopic (exact) mass is 295 g/mol. The number of esters is 1. The number of hydrogen-bond donors (Lipinski definition) is 1. The Kier molecular flexibility index (Phi) is 4.56. The van der Waals surface area contributed by atoms with Gasteiger partial charge in [0.25, 0.3) is 0 Å². The average Bonchev–Trinajstić information content (AvgIpc) is 2.44. The van der Waals surface area contributed by atoms with E-state index in [0.29, 0.717) is 24.3 Å². The van der Waals surface area contributed by atoms with Gasteiger partial charge in [-0.25, -0.2) is 4.79 Å². The predicted octanol–water partition coefficient (Wildman–Crippen LogP) is 1.43. The van der Waals surface area contributed by atoms with E-state index in [1.165, 1.54) is 4.68 Å². The highest BCUT2D eigenvalue weighted by Gasteiger charge is 2.21. The standard InChI is InChI=1S/C8H11BrClN3O2/c1-2-15-8(14)6-5(10)7(9)12-13(6)4-3-11/h2-4,11H2,1H3. The van der Waals surface area contributed by atoms with Gasteiger partial charge >= 0.3 is 5.97 Å². The summed E-state index contributed by atoms with van der Waals surface area (Å²) in [7, 11) is 0. The molecule has 0 saturated heterocycles. The topological polar surface area (TPSA) is 70.1 Å². The molecule has 0 aliphatic rings. The van der Waals surface area contributed by atoms with Crippen LogP contribution >= 0.6 is 27.5 Å². The quantitative estimate of drug-likeness (QED) is 0.854. The second-order valence-corrected chi connectivity index (χ2v) is 3.81. The maximum atomic E-state index is 11.5. The second-order valence-electron chi connectivity index (χ2n) is 2.69. The molecule has 0 aliphatic heterocycles. The van der Waals surface area contributed by atoms with Crippen molar-refractivity contribution >= 4 is 33.5 Å². The minimum absolute atomic E-state index is 0.232. The van der Waals surface area contributed by atoms with Gasteiger partial charge in [0.2, 0.25) is 0 Å². The lowest BCUT2D eigenvalue weighted by molar-refractivity contribution is 0.0512. The first kappa shape index (κ1) is 12.5. The third-order valence-electron chi connectivity index (χ3n) is 1.67. The van der Waals surface area contributed by atoms with Crippen molar-refractivity contribution in [3.63, 3.8) is 0 Å². The molecule has 0 saturated carbocycles. The first-order valence-electron chi connectivity index (χ1n) is 4.40. The fourth-order valence-corrected chi connectivity index (χ4v) is 1.68. The van der Waals surface area contributed by atoms with Gasteiger partial charge in [-0.2, -0.15) is 5.10 Å². The molecule has 0 radical (unpaired) electrons. The van der Waals surface area contributed by atoms with Crippen LogP contribution in [0.5, 0.6) is 0 Å². The highest BCUT2D eigenvalue weighted by molar-refractivity contribution is 9.10. The van der Waals surface area contributed by atoms with Crippen LogP contribution in [-0.2, 0) is 11.3 Å². The Morgan fingerprint density at radius 2 is 2.40 bits per heavy atom. The molecular formula is C8H11BrClN3O2. The van der Waals surface area contributed by atoms with Crippen LogP contribution in [-0.4, -0.2) is 28.9 Å². The van der Waals surface area contributed by atoms with E-state index >= 15 is 0 Å². The van der Waals surface area contributed by atoms with Crippen LogP contribution in [0.15, 0.2) is 4.60 Å². The predicted molar refractivity (Wildman–Crippen MR) is 59.9 cm³/mol. The summed E-state index contributed by atoms with van der Waals surface area (Å²) in [5, 5.41) is 4.28. The largest absolute Gasteiger partial charge is 0.461 e. The number of aromatic nitrogens is 2. The van der Waals surface area contributed by atoms with Crippen molar-refractivity contribution in [3.8, 4) is 0 Å². The molecule has 0 atom stereocenters. The number of nitrogens with zero attached hydrogens (tertiary/aromatic N) is 2. The number of ether oxygens (including phenoxy) is 1. The zero-order valence-electron chi connectivity index (χ0n) is 8.17. The van der Waals surface area contributed by atoms with E-state index in [9.17, 15) is 4.79 Å². The molecule has 5 nitrogen and oxygen atoms in total. The first-order valence-corrected chi connectivity index (χ1v) is 5.57. The minimum atomic E-state index is -0.492. The summed E-state index contributed by atoms with van der Waals surface area (Å²) in [6.45, 7) is 2.81. The van der Waals surface area contributed by atoms with Crippen molar-refractivity contribution < 1.29 is 9.53 Å². The number of carbonyl (C=O) groups excluding carboxylic acids is 1. The van der Waals surface area contributed by atoms with Gasteiger partial charge in [0.05, 0.1) is 13.2 Å². The summed E-state index contributed by atoms with van der Waals surface area (Å²) < 4.78 is 6.72. The lowest BCUT2D eigenvalue weighted by atomic mass is 10.4. The number of carbonyl (C=O) groups is 1. The summed E-state index contributed by atoms with van der Waals surface area (Å²) in [5.74, 6) is -0.492. The number of halogens is 2. The lowest BCUT2D eigenvalue weighted by Crippen LogP contribution is -2.18. The molecule has 0 amide bonds. The van der Waals surface area contributed by atoms with Gasteiger partial charge in [-0.15, -0.1) is 0 Å². The molecule has 84 valence electrons. The van der Waals surface area contributed by atoms with E-state index < -0.39 is 5.97 Å². The maximum Gasteiger partial charge on any atom is 0.358 e. The molecule has 0 aliphatic carbocycles. The van der Waals surface area contributed by atoms with Crippen molar-refractivity contribution in [1.29, 1.82) is 0 Å². The highest BCUT2D eigenvalue weighted by Crippen LogP contribution is 2.26. The molecule has 15 heavy (non-hydrogen) atoms. The molecule has 1 aromatic heterocycles. The first-order chi connectivity index (χ1) is 7.11. The summed E-state index contributed by atoms with van der Waals surface area (Å²) in [5.41, 5.74) is 5.62. The van der Waals surface area contributed by atoms with Gasteiger partial charge in [-0.05, 0) is 22.9 Å². The molecule has 1 heterocycles. The smallest absolute Gasteiger partial charge is 0.358 e. The van der Waals surface area contributed by atoms with Crippen LogP contribution in [0.1, 0.15) is 17.4 Å². The Morgan fingerprint density at radius 1 is 1.73 bits per heavy atom. The van der Waals surface area contributed by atoms with E-state index in [1.54, 1.807) is 6.92 Å². The number of rotatable bonds is 4. The molecule has 0 spiro atoms. The zero-order valence-corrected chi connectivity index (χ0v) is 10.5. The number of nitrogens with two attached hydrogens (primary N) is 1. The van der Waals surface area contributed by atoms with Crippen LogP contribution < -0.4 is 5.73 Å². The molecule has 0 bridgehead atoms. The normalized spacial score (nSPS) is 10.4.